The normalized spacial score (nSPS) is 10.9. The van der Waals surface area contributed by atoms with E-state index in [-0.39, 0.29) is 24.3 Å². The number of nitrogens with one attached hydrogen (secondary N) is 1. The molecular weight excluding hydrogens is 432 g/mol. The van der Waals surface area contributed by atoms with Crippen LogP contribution in [0.4, 0.5) is 5.95 Å². The van der Waals surface area contributed by atoms with Gasteiger partial charge < -0.3 is 4.90 Å². The number of carbonyl (C=O) groups is 2. The lowest BCUT2D eigenvalue weighted by atomic mass is 10.2. The van der Waals surface area contributed by atoms with Crippen LogP contribution in [0.2, 0.25) is 0 Å². The Bertz CT molecular complexity index is 1200. The summed E-state index contributed by atoms with van der Waals surface area (Å²) in [4.78, 5) is 32.9. The molecule has 0 aliphatic carbocycles. The van der Waals surface area contributed by atoms with Crippen molar-refractivity contribution in [3.05, 3.63) is 89.3 Å². The van der Waals surface area contributed by atoms with Gasteiger partial charge in [0, 0.05) is 24.0 Å². The molecule has 0 radical (unpaired) electrons. The summed E-state index contributed by atoms with van der Waals surface area (Å²) in [5.74, 6) is 0.226. The summed E-state index contributed by atoms with van der Waals surface area (Å²) in [7, 11) is 0. The van der Waals surface area contributed by atoms with E-state index in [4.69, 9.17) is 0 Å². The monoisotopic (exact) mass is 458 g/mol. The smallest absolute Gasteiger partial charge is 0.264 e. The van der Waals surface area contributed by atoms with E-state index in [0.29, 0.717) is 17.4 Å². The van der Waals surface area contributed by atoms with Gasteiger partial charge in [0.15, 0.2) is 0 Å². The molecule has 1 N–H and O–H groups in total. The molecule has 4 aromatic rings. The molecule has 0 bridgehead atoms. The summed E-state index contributed by atoms with van der Waals surface area (Å²) < 4.78 is 1.86. The van der Waals surface area contributed by atoms with Crippen LogP contribution in [0.1, 0.15) is 23.5 Å². The predicted octanol–water partition coefficient (Wildman–Crippen LogP) is 5.34. The number of anilines is 1. The largest absolute Gasteiger partial charge is 0.328 e. The number of amides is 2. The number of para-hydroxylation sites is 1. The third-order valence-electron chi connectivity index (χ3n) is 5.00. The molecule has 0 fully saturated rings. The molecule has 2 aromatic carbocycles. The fourth-order valence-corrected chi connectivity index (χ4v) is 4.25. The second kappa shape index (κ2) is 10.3. The van der Waals surface area contributed by atoms with Gasteiger partial charge in [-0.2, -0.15) is 0 Å². The number of thiophene rings is 1. The van der Waals surface area contributed by atoms with E-state index < -0.39 is 0 Å². The topological polar surface area (TPSA) is 67.2 Å². The molecule has 2 aromatic heterocycles. The van der Waals surface area contributed by atoms with E-state index in [9.17, 15) is 9.59 Å². The molecule has 0 aliphatic rings. The SMILES string of the molecule is CC(C)CN(CC(=O)Nc1nc(-c2ccccc2)cn1-c1ccccc1)C(=O)c1cccs1. The number of benzene rings is 2. The van der Waals surface area contributed by atoms with Crippen LogP contribution in [-0.4, -0.2) is 39.4 Å². The lowest BCUT2D eigenvalue weighted by molar-refractivity contribution is -0.117. The molecule has 0 atom stereocenters. The molecule has 0 saturated heterocycles. The standard InChI is InChI=1S/C26H26N4O2S/c1-19(2)16-29(25(32)23-14-9-15-33-23)18-24(31)28-26-27-22(20-10-5-3-6-11-20)17-30(26)21-12-7-4-8-13-21/h3-15,17,19H,16,18H2,1-2H3,(H,27,28,31). The maximum Gasteiger partial charge on any atom is 0.264 e. The number of carbonyl (C=O) groups excluding carboxylic acids is 2. The fraction of sp³-hybridized carbons (Fsp3) is 0.192. The van der Waals surface area contributed by atoms with Crippen molar-refractivity contribution in [1.29, 1.82) is 0 Å². The lowest BCUT2D eigenvalue weighted by Gasteiger charge is -2.23. The maximum absolute atomic E-state index is 13.1. The predicted molar refractivity (Wildman–Crippen MR) is 133 cm³/mol. The zero-order chi connectivity index (χ0) is 23.2. The quantitative estimate of drug-likeness (QED) is 0.388. The Labute approximate surface area is 197 Å². The van der Waals surface area contributed by atoms with E-state index in [1.165, 1.54) is 11.3 Å². The van der Waals surface area contributed by atoms with Crippen molar-refractivity contribution in [3.8, 4) is 16.9 Å². The number of nitrogens with zero attached hydrogens (tertiary/aromatic N) is 3. The number of hydrogen-bond donors (Lipinski definition) is 1. The van der Waals surface area contributed by atoms with Gasteiger partial charge in [0.25, 0.3) is 5.91 Å². The van der Waals surface area contributed by atoms with Crippen LogP contribution in [0.3, 0.4) is 0 Å². The molecule has 0 saturated carbocycles. The highest BCUT2D eigenvalue weighted by molar-refractivity contribution is 7.12. The van der Waals surface area contributed by atoms with Crippen molar-refractivity contribution in [2.24, 2.45) is 5.92 Å². The second-order valence-corrected chi connectivity index (χ2v) is 9.07. The van der Waals surface area contributed by atoms with Gasteiger partial charge in [-0.3, -0.25) is 19.5 Å². The van der Waals surface area contributed by atoms with Crippen molar-refractivity contribution in [1.82, 2.24) is 14.5 Å². The Hall–Kier alpha value is -3.71. The molecule has 6 nitrogen and oxygen atoms in total. The van der Waals surface area contributed by atoms with Gasteiger partial charge in [-0.25, -0.2) is 4.98 Å². The van der Waals surface area contributed by atoms with Crippen molar-refractivity contribution < 1.29 is 9.59 Å². The fourth-order valence-electron chi connectivity index (χ4n) is 3.56. The average Bonchev–Trinajstić information content (AvgIpc) is 3.50. The van der Waals surface area contributed by atoms with Gasteiger partial charge in [-0.05, 0) is 29.5 Å². The molecule has 2 amide bonds. The molecule has 33 heavy (non-hydrogen) atoms. The third-order valence-corrected chi connectivity index (χ3v) is 5.86. The molecule has 0 aliphatic heterocycles. The Morgan fingerprint density at radius 3 is 2.33 bits per heavy atom. The van der Waals surface area contributed by atoms with Crippen molar-refractivity contribution in [2.45, 2.75) is 13.8 Å². The Morgan fingerprint density at radius 1 is 1.00 bits per heavy atom. The molecule has 4 rings (SSSR count). The van der Waals surface area contributed by atoms with E-state index in [1.807, 2.05) is 96.7 Å². The maximum atomic E-state index is 13.1. The zero-order valence-corrected chi connectivity index (χ0v) is 19.5. The summed E-state index contributed by atoms with van der Waals surface area (Å²) in [5.41, 5.74) is 2.59. The van der Waals surface area contributed by atoms with Gasteiger partial charge in [0.05, 0.1) is 10.6 Å². The summed E-state index contributed by atoms with van der Waals surface area (Å²) >= 11 is 1.38. The Balaban J connectivity index is 1.59. The number of aromatic nitrogens is 2. The van der Waals surface area contributed by atoms with Crippen LogP contribution >= 0.6 is 11.3 Å². The van der Waals surface area contributed by atoms with Crippen LogP contribution in [0.25, 0.3) is 16.9 Å². The number of rotatable bonds is 8. The minimum Gasteiger partial charge on any atom is -0.328 e. The second-order valence-electron chi connectivity index (χ2n) is 8.13. The number of hydrogen-bond acceptors (Lipinski definition) is 4. The summed E-state index contributed by atoms with van der Waals surface area (Å²) in [5, 5.41) is 4.79. The molecule has 7 heteroatoms. The van der Waals surface area contributed by atoms with E-state index >= 15 is 0 Å². The van der Waals surface area contributed by atoms with Crippen molar-refractivity contribution >= 4 is 29.1 Å². The van der Waals surface area contributed by atoms with Gasteiger partial charge >= 0.3 is 0 Å². The Morgan fingerprint density at radius 2 is 1.70 bits per heavy atom. The van der Waals surface area contributed by atoms with E-state index in [1.54, 1.807) is 11.0 Å². The lowest BCUT2D eigenvalue weighted by Crippen LogP contribution is -2.40. The Kier molecular flexibility index (Phi) is 7.00. The highest BCUT2D eigenvalue weighted by atomic mass is 32.1. The average molecular weight is 459 g/mol. The molecule has 2 heterocycles. The minimum absolute atomic E-state index is 0.0444. The van der Waals surface area contributed by atoms with Crippen molar-refractivity contribution in [3.63, 3.8) is 0 Å². The van der Waals surface area contributed by atoms with Gasteiger partial charge in [0.1, 0.15) is 6.54 Å². The third kappa shape index (κ3) is 5.56. The van der Waals surface area contributed by atoms with Gasteiger partial charge in [0.2, 0.25) is 11.9 Å². The highest BCUT2D eigenvalue weighted by Crippen LogP contribution is 2.24. The van der Waals surface area contributed by atoms with Gasteiger partial charge in [-0.1, -0.05) is 68.4 Å². The first kappa shape index (κ1) is 22.5. The first-order valence-electron chi connectivity index (χ1n) is 10.8. The van der Waals surface area contributed by atoms with Crippen LogP contribution < -0.4 is 5.32 Å². The minimum atomic E-state index is -0.289. The summed E-state index contributed by atoms with van der Waals surface area (Å²) in [6, 6.07) is 23.2. The van der Waals surface area contributed by atoms with Gasteiger partial charge in [-0.15, -0.1) is 11.3 Å². The molecule has 0 unspecified atom stereocenters. The number of imidazole rings is 1. The van der Waals surface area contributed by atoms with Crippen molar-refractivity contribution in [2.75, 3.05) is 18.4 Å². The molecule has 0 spiro atoms. The first-order valence-corrected chi connectivity index (χ1v) is 11.7. The summed E-state index contributed by atoms with van der Waals surface area (Å²) in [6.07, 6.45) is 1.91. The van der Waals surface area contributed by atoms with Crippen LogP contribution in [0, 0.1) is 5.92 Å². The molecule has 168 valence electrons. The van der Waals surface area contributed by atoms with Crippen LogP contribution in [-0.2, 0) is 4.79 Å². The zero-order valence-electron chi connectivity index (χ0n) is 18.6. The van der Waals surface area contributed by atoms with E-state index in [2.05, 4.69) is 10.3 Å². The van der Waals surface area contributed by atoms with Crippen LogP contribution in [0.15, 0.2) is 84.4 Å². The highest BCUT2D eigenvalue weighted by Gasteiger charge is 2.22. The summed E-state index contributed by atoms with van der Waals surface area (Å²) in [6.45, 7) is 4.51. The first-order chi connectivity index (χ1) is 16.0. The molecular formula is C26H26N4O2S. The van der Waals surface area contributed by atoms with Crippen LogP contribution in [0.5, 0.6) is 0 Å². The van der Waals surface area contributed by atoms with E-state index in [0.717, 1.165) is 16.9 Å².